The molecule has 1 N–H and O–H groups in total. The van der Waals surface area contributed by atoms with Crippen LogP contribution in [0.4, 0.5) is 13.2 Å². The highest BCUT2D eigenvalue weighted by Crippen LogP contribution is 2.33. The van der Waals surface area contributed by atoms with E-state index in [0.717, 1.165) is 65.4 Å². The Kier molecular flexibility index (Phi) is 13.8. The molecule has 6 aromatic heterocycles. The van der Waals surface area contributed by atoms with E-state index >= 15 is 0 Å². The molecule has 0 saturated heterocycles. The number of nitrogens with zero attached hydrogens (tertiary/aromatic N) is 6. The van der Waals surface area contributed by atoms with Gasteiger partial charge in [0, 0.05) is 75.4 Å². The quantitative estimate of drug-likeness (QED) is 0.0906. The number of hydrogen-bond donors (Lipinski definition) is 1. The van der Waals surface area contributed by atoms with E-state index in [-0.39, 0.29) is 25.8 Å². The van der Waals surface area contributed by atoms with Crippen LogP contribution in [0.5, 0.6) is 0 Å². The van der Waals surface area contributed by atoms with Crippen molar-refractivity contribution < 1.29 is 32.6 Å². The van der Waals surface area contributed by atoms with Gasteiger partial charge in [-0.1, -0.05) is 54.6 Å². The number of ether oxygens (including phenoxy) is 1. The van der Waals surface area contributed by atoms with E-state index in [0.29, 0.717) is 62.6 Å². The molecule has 9 rings (SSSR count). The van der Waals surface area contributed by atoms with E-state index in [4.69, 9.17) is 4.74 Å². The number of ketones is 1. The van der Waals surface area contributed by atoms with Crippen molar-refractivity contribution in [1.29, 1.82) is 0 Å². The lowest BCUT2D eigenvalue weighted by Crippen LogP contribution is -2.17. The van der Waals surface area contributed by atoms with Crippen molar-refractivity contribution in [2.45, 2.75) is 72.2 Å². The molecule has 0 aliphatic rings. The highest BCUT2D eigenvalue weighted by molar-refractivity contribution is 6.11. The highest BCUT2D eigenvalue weighted by atomic mass is 19.1. The molecule has 0 atom stereocenters. The Morgan fingerprint density at radius 2 is 0.952 bits per heavy atom. The molecule has 6 heterocycles. The molecule has 0 fully saturated rings. The summed E-state index contributed by atoms with van der Waals surface area (Å²) < 4.78 is 48.8. The van der Waals surface area contributed by atoms with Gasteiger partial charge in [-0.25, -0.2) is 9.78 Å². The number of carbonyl (C=O) groups is 2. The number of fused-ring (bicyclic) bond motifs is 9. The Hall–Kier alpha value is -6.60. The van der Waals surface area contributed by atoms with Crippen molar-refractivity contribution in [3.8, 4) is 0 Å². The zero-order valence-electron chi connectivity index (χ0n) is 36.0. The van der Waals surface area contributed by atoms with Gasteiger partial charge in [-0.05, 0) is 76.4 Å². The summed E-state index contributed by atoms with van der Waals surface area (Å²) in [5.41, 5.74) is 6.42. The average Bonchev–Trinajstić information content (AvgIpc) is 3.91. The third kappa shape index (κ3) is 9.29. The third-order valence-electron chi connectivity index (χ3n) is 11.0. The molecule has 3 aromatic carbocycles. The maximum Gasteiger partial charge on any atom is 0.356 e. The highest BCUT2D eigenvalue weighted by Gasteiger charge is 2.21. The first kappa shape index (κ1) is 44.5. The van der Waals surface area contributed by atoms with Crippen molar-refractivity contribution in [1.82, 2.24) is 28.7 Å². The molecule has 0 aliphatic heterocycles. The van der Waals surface area contributed by atoms with Crippen molar-refractivity contribution in [2.75, 3.05) is 26.6 Å². The first-order valence-corrected chi connectivity index (χ1v) is 21.2. The number of alkyl halides is 3. The summed E-state index contributed by atoms with van der Waals surface area (Å²) >= 11 is 0. The zero-order valence-corrected chi connectivity index (χ0v) is 36.0. The number of benzene rings is 3. The van der Waals surface area contributed by atoms with Gasteiger partial charge in [-0.3, -0.25) is 27.9 Å². The predicted molar refractivity (Wildman–Crippen MR) is 245 cm³/mol. The number of aryl methyl sites for hydroxylation is 3. The summed E-state index contributed by atoms with van der Waals surface area (Å²) in [5.74, 6) is -0.475. The number of halogens is 3. The molecule has 0 bridgehead atoms. The molecule has 63 heavy (non-hydrogen) atoms. The van der Waals surface area contributed by atoms with Gasteiger partial charge in [0.25, 0.3) is 0 Å². The van der Waals surface area contributed by atoms with Gasteiger partial charge in [-0.2, -0.15) is 0 Å². The van der Waals surface area contributed by atoms with E-state index in [1.165, 1.54) is 6.92 Å². The van der Waals surface area contributed by atoms with Crippen molar-refractivity contribution in [3.05, 3.63) is 127 Å². The second-order valence-electron chi connectivity index (χ2n) is 15.7. The van der Waals surface area contributed by atoms with Crippen LogP contribution >= 0.6 is 0 Å². The second kappa shape index (κ2) is 19.6. The van der Waals surface area contributed by atoms with E-state index in [1.807, 2.05) is 83.4 Å². The molecular weight excluding hydrogens is 806 g/mol. The Morgan fingerprint density at radius 3 is 1.35 bits per heavy atom. The van der Waals surface area contributed by atoms with Gasteiger partial charge in [0.1, 0.15) is 17.0 Å². The van der Waals surface area contributed by atoms with Crippen LogP contribution < -0.4 is 0 Å². The van der Waals surface area contributed by atoms with Crippen LogP contribution in [0, 0.1) is 0 Å². The number of carbonyl (C=O) groups excluding carboxylic acids is 2. The number of rotatable bonds is 13. The van der Waals surface area contributed by atoms with Crippen LogP contribution in [0.1, 0.15) is 73.6 Å². The van der Waals surface area contributed by atoms with Crippen molar-refractivity contribution in [3.63, 3.8) is 0 Å². The van der Waals surface area contributed by atoms with Gasteiger partial charge in [0.15, 0.2) is 5.78 Å². The molecule has 0 saturated carbocycles. The topological polar surface area (TPSA) is 117 Å². The molecule has 326 valence electrons. The van der Waals surface area contributed by atoms with Crippen LogP contribution in [0.15, 0.2) is 110 Å². The molecular formula is C50H51F3N6O4. The van der Waals surface area contributed by atoms with E-state index in [9.17, 15) is 27.9 Å². The summed E-state index contributed by atoms with van der Waals surface area (Å²) in [4.78, 5) is 36.1. The van der Waals surface area contributed by atoms with Crippen LogP contribution in [0.3, 0.4) is 0 Å². The summed E-state index contributed by atoms with van der Waals surface area (Å²) in [6.07, 6.45) is 6.57. The minimum Gasteiger partial charge on any atom is -0.461 e. The standard InChI is InChI=1S/C17H17FN2O2.C17H19FN2O.C16H15FN2O/c1-2-22-17(21)14-10-13-12-6-3-4-7-15(12)20(9-5-8-18)16(13)11-19-14;1-17(2,21)16-10-13-12-6-3-4-7-14(12)20(9-5-8-18)15(13)11-19-16;1-11(20)14-9-13-12-5-2-3-6-15(12)19(8-4-7-17)16(13)10-18-14/h3-4,6-7,10-11H,2,5,8-9H2,1H3;3-4,6-7,10-11,21H,5,8-9H2,1-2H3;2-3,5-6,9-10H,4,7-8H2,1H3. The second-order valence-corrected chi connectivity index (χ2v) is 15.7. The van der Waals surface area contributed by atoms with E-state index in [1.54, 1.807) is 45.4 Å². The van der Waals surface area contributed by atoms with Crippen LogP contribution in [0.25, 0.3) is 65.4 Å². The maximum absolute atomic E-state index is 12.5. The third-order valence-corrected chi connectivity index (χ3v) is 11.0. The zero-order chi connectivity index (χ0) is 44.7. The van der Waals surface area contributed by atoms with Gasteiger partial charge < -0.3 is 23.5 Å². The SMILES string of the molecule is CC(=O)c1cc2c3ccccc3n(CCCF)c2cn1.CC(C)(O)c1cc2c3ccccc3n(CCCF)c2cn1.CCOC(=O)c1cc2c3ccccc3n(CCCF)c2cn1. The number of hydrogen-bond acceptors (Lipinski definition) is 7. The number of para-hydroxylation sites is 3. The van der Waals surface area contributed by atoms with Gasteiger partial charge in [0.2, 0.25) is 0 Å². The fraction of sp³-hybridized carbons (Fsp3) is 0.300. The average molecular weight is 857 g/mol. The first-order chi connectivity index (χ1) is 30.5. The minimum atomic E-state index is -0.976. The van der Waals surface area contributed by atoms with Crippen molar-refractivity contribution in [2.24, 2.45) is 0 Å². The number of esters is 1. The summed E-state index contributed by atoms with van der Waals surface area (Å²) in [6.45, 7) is 7.84. The fourth-order valence-corrected chi connectivity index (χ4v) is 8.06. The van der Waals surface area contributed by atoms with E-state index in [2.05, 4.69) is 30.2 Å². The number of aliphatic hydroxyl groups is 1. The van der Waals surface area contributed by atoms with Crippen LogP contribution in [0.2, 0.25) is 0 Å². The molecule has 0 spiro atoms. The Bertz CT molecular complexity index is 3060. The molecule has 0 unspecified atom stereocenters. The largest absolute Gasteiger partial charge is 0.461 e. The lowest BCUT2D eigenvalue weighted by molar-refractivity contribution is 0.0519. The summed E-state index contributed by atoms with van der Waals surface area (Å²) in [5, 5.41) is 16.4. The Labute approximate surface area is 362 Å². The molecule has 10 nitrogen and oxygen atoms in total. The van der Waals surface area contributed by atoms with Gasteiger partial charge in [-0.15, -0.1) is 0 Å². The first-order valence-electron chi connectivity index (χ1n) is 21.2. The van der Waals surface area contributed by atoms with Crippen LogP contribution in [-0.4, -0.2) is 72.1 Å². The van der Waals surface area contributed by atoms with Crippen LogP contribution in [-0.2, 0) is 30.0 Å². The molecule has 13 heteroatoms. The lowest BCUT2D eigenvalue weighted by Gasteiger charge is -2.16. The number of aromatic nitrogens is 6. The number of pyridine rings is 3. The normalized spacial score (nSPS) is 11.6. The summed E-state index contributed by atoms with van der Waals surface area (Å²) in [6, 6.07) is 29.4. The lowest BCUT2D eigenvalue weighted by atomic mass is 10.0. The van der Waals surface area contributed by atoms with E-state index < -0.39 is 11.6 Å². The minimum absolute atomic E-state index is 0.0486. The maximum atomic E-state index is 12.5. The molecule has 0 aliphatic carbocycles. The monoisotopic (exact) mass is 856 g/mol. The van der Waals surface area contributed by atoms with Gasteiger partial charge >= 0.3 is 5.97 Å². The number of Topliss-reactive ketones (excluding diaryl/α,β-unsaturated/α-hetero) is 1. The molecule has 0 radical (unpaired) electrons. The summed E-state index contributed by atoms with van der Waals surface area (Å²) in [7, 11) is 0. The molecule has 9 aromatic rings. The van der Waals surface area contributed by atoms with Gasteiger partial charge in [0.05, 0.1) is 67.5 Å². The Balaban J connectivity index is 0.000000142. The smallest absolute Gasteiger partial charge is 0.356 e. The predicted octanol–water partition coefficient (Wildman–Crippen LogP) is 11.3. The fourth-order valence-electron chi connectivity index (χ4n) is 8.06. The Morgan fingerprint density at radius 1 is 0.571 bits per heavy atom. The van der Waals surface area contributed by atoms with Crippen molar-refractivity contribution >= 4 is 77.2 Å². The molecule has 0 amide bonds.